The molecule has 4 heterocycles. The number of hydrogen-bond donors (Lipinski definition) is 1. The molecular weight excluding hydrogens is 575 g/mol. The minimum Gasteiger partial charge on any atom is -0.477 e. The van der Waals surface area contributed by atoms with Crippen LogP contribution in [0.1, 0.15) is 37.6 Å². The summed E-state index contributed by atoms with van der Waals surface area (Å²) >= 11 is 0. The normalized spacial score (nSPS) is 19.7. The molecule has 0 aliphatic carbocycles. The zero-order valence-electron chi connectivity index (χ0n) is 23.0. The molecule has 41 heavy (non-hydrogen) atoms. The number of hydrogen-bond acceptors (Lipinski definition) is 7. The van der Waals surface area contributed by atoms with Gasteiger partial charge in [0.2, 0.25) is 5.88 Å². The van der Waals surface area contributed by atoms with Gasteiger partial charge in [0.05, 0.1) is 17.1 Å². The van der Waals surface area contributed by atoms with Crippen LogP contribution in [0.4, 0.5) is 19.0 Å². The zero-order chi connectivity index (χ0) is 29.6. The first-order valence-electron chi connectivity index (χ1n) is 13.4. The van der Waals surface area contributed by atoms with Crippen LogP contribution in [0.2, 0.25) is 18.1 Å². The Kier molecular flexibility index (Phi) is 7.43. The first-order chi connectivity index (χ1) is 19.2. The third-order valence-corrected chi connectivity index (χ3v) is 13.2. The Hall–Kier alpha value is -3.39. The van der Waals surface area contributed by atoms with Gasteiger partial charge in [-0.3, -0.25) is 4.79 Å². The van der Waals surface area contributed by atoms with E-state index in [9.17, 15) is 26.4 Å². The molecule has 14 heteroatoms. The Morgan fingerprint density at radius 2 is 1.85 bits per heavy atom. The SMILES string of the molecule is C[C@@H]1CN(c2nc(-n3ccc(OCC[Si]4(C(F)(F)F)CC4)n3)ccc2C(=O)NS(=O)(=O)c2ccccc2)C(C)(C)C1. The van der Waals surface area contributed by atoms with Crippen LogP contribution in [0.3, 0.4) is 0 Å². The molecule has 2 saturated heterocycles. The summed E-state index contributed by atoms with van der Waals surface area (Å²) in [6.07, 6.45) is 2.41. The summed E-state index contributed by atoms with van der Waals surface area (Å²) < 4.78 is 74.7. The monoisotopic (exact) mass is 607 g/mol. The van der Waals surface area contributed by atoms with Gasteiger partial charge in [-0.2, -0.15) is 13.2 Å². The summed E-state index contributed by atoms with van der Waals surface area (Å²) in [5.41, 5.74) is -0.274. The van der Waals surface area contributed by atoms with Gasteiger partial charge in [0, 0.05) is 24.3 Å². The Balaban J connectivity index is 1.40. The van der Waals surface area contributed by atoms with E-state index in [0.29, 0.717) is 24.1 Å². The minimum absolute atomic E-state index is 0.00365. The number of carbonyl (C=O) groups excluding carboxylic acids is 1. The van der Waals surface area contributed by atoms with Crippen molar-refractivity contribution in [3.8, 4) is 11.7 Å². The second-order valence-corrected chi connectivity index (χ2v) is 17.8. The fourth-order valence-corrected chi connectivity index (χ4v) is 9.47. The van der Waals surface area contributed by atoms with E-state index in [4.69, 9.17) is 9.72 Å². The second-order valence-electron chi connectivity index (χ2n) is 11.5. The molecule has 9 nitrogen and oxygen atoms in total. The van der Waals surface area contributed by atoms with Crippen molar-refractivity contribution in [3.05, 3.63) is 60.3 Å². The quantitative estimate of drug-likeness (QED) is 0.343. The fraction of sp³-hybridized carbons (Fsp3) is 0.444. The Morgan fingerprint density at radius 3 is 2.46 bits per heavy atom. The lowest BCUT2D eigenvalue weighted by atomic mass is 9.97. The van der Waals surface area contributed by atoms with Crippen LogP contribution in [0.15, 0.2) is 59.6 Å². The van der Waals surface area contributed by atoms with Crippen molar-refractivity contribution in [1.82, 2.24) is 19.5 Å². The van der Waals surface area contributed by atoms with Crippen molar-refractivity contribution in [3.63, 3.8) is 0 Å². The molecule has 2 fully saturated rings. The molecule has 0 saturated carbocycles. The van der Waals surface area contributed by atoms with Crippen LogP contribution < -0.4 is 14.4 Å². The van der Waals surface area contributed by atoms with Crippen molar-refractivity contribution in [1.29, 1.82) is 0 Å². The van der Waals surface area contributed by atoms with E-state index in [1.807, 2.05) is 18.7 Å². The van der Waals surface area contributed by atoms with Crippen LogP contribution in [0, 0.1) is 5.92 Å². The Bertz CT molecular complexity index is 1540. The maximum atomic E-state index is 13.4. The standard InChI is InChI=1S/C27H32F3N5O4SSi/c1-19-17-26(2,3)34(18-19)24-21(25(36)33-40(37,38)20-7-5-4-6-8-20)9-10-22(31-24)35-12-11-23(32-35)39-13-14-41(15-16-41)27(28,29)30/h4-12,19H,13-18H2,1-3H3,(H,33,36)/t19-/m0/s1. The molecule has 0 radical (unpaired) electrons. The number of nitrogens with zero attached hydrogens (tertiary/aromatic N) is 4. The molecule has 2 aromatic heterocycles. The Morgan fingerprint density at radius 1 is 1.15 bits per heavy atom. The van der Waals surface area contributed by atoms with Crippen LogP contribution in [-0.4, -0.2) is 61.7 Å². The second kappa shape index (κ2) is 10.5. The highest BCUT2D eigenvalue weighted by molar-refractivity contribution is 7.90. The molecule has 2 aliphatic rings. The Labute approximate surface area is 237 Å². The number of sulfonamides is 1. The lowest BCUT2D eigenvalue weighted by Gasteiger charge is -2.34. The van der Waals surface area contributed by atoms with Gasteiger partial charge < -0.3 is 9.64 Å². The summed E-state index contributed by atoms with van der Waals surface area (Å²) in [6, 6.07) is 12.7. The molecule has 0 spiro atoms. The van der Waals surface area contributed by atoms with Crippen molar-refractivity contribution < 1.29 is 31.1 Å². The van der Waals surface area contributed by atoms with Gasteiger partial charge in [-0.05, 0) is 56.5 Å². The highest BCUT2D eigenvalue weighted by Gasteiger charge is 2.65. The van der Waals surface area contributed by atoms with Crippen molar-refractivity contribution in [2.24, 2.45) is 5.92 Å². The van der Waals surface area contributed by atoms with Crippen LogP contribution in [0.25, 0.3) is 5.82 Å². The number of carbonyl (C=O) groups is 1. The van der Waals surface area contributed by atoms with E-state index >= 15 is 0 Å². The van der Waals surface area contributed by atoms with Gasteiger partial charge in [-0.1, -0.05) is 37.2 Å². The minimum atomic E-state index is -4.12. The number of nitrogens with one attached hydrogen (secondary N) is 1. The van der Waals surface area contributed by atoms with E-state index in [-0.39, 0.29) is 46.6 Å². The highest BCUT2D eigenvalue weighted by Crippen LogP contribution is 2.51. The van der Waals surface area contributed by atoms with E-state index < -0.39 is 29.8 Å². The van der Waals surface area contributed by atoms with Gasteiger partial charge >= 0.3 is 5.80 Å². The predicted octanol–water partition coefficient (Wildman–Crippen LogP) is 4.95. The maximum Gasteiger partial charge on any atom is 0.361 e. The highest BCUT2D eigenvalue weighted by atomic mass is 32.2. The van der Waals surface area contributed by atoms with Gasteiger partial charge in [-0.25, -0.2) is 22.8 Å². The molecule has 0 unspecified atom stereocenters. The molecule has 1 N–H and O–H groups in total. The average molecular weight is 608 g/mol. The predicted molar refractivity (Wildman–Crippen MR) is 149 cm³/mol. The molecule has 1 amide bonds. The molecule has 1 atom stereocenters. The molecule has 5 rings (SSSR count). The molecule has 3 aromatic rings. The number of alkyl halides is 3. The van der Waals surface area contributed by atoms with E-state index in [0.717, 1.165) is 6.42 Å². The van der Waals surface area contributed by atoms with Gasteiger partial charge in [0.1, 0.15) is 5.82 Å². The first kappa shape index (κ1) is 29.1. The smallest absolute Gasteiger partial charge is 0.361 e. The lowest BCUT2D eigenvalue weighted by molar-refractivity contribution is -0.0539. The zero-order valence-corrected chi connectivity index (χ0v) is 24.8. The summed E-state index contributed by atoms with van der Waals surface area (Å²) in [6.45, 7) is 6.70. The third-order valence-electron chi connectivity index (χ3n) is 7.80. The van der Waals surface area contributed by atoms with Crippen LogP contribution >= 0.6 is 0 Å². The maximum absolute atomic E-state index is 13.4. The topological polar surface area (TPSA) is 106 Å². The van der Waals surface area contributed by atoms with Gasteiger partial charge in [0.15, 0.2) is 13.9 Å². The number of halogens is 3. The van der Waals surface area contributed by atoms with Crippen molar-refractivity contribution >= 4 is 29.8 Å². The number of pyridine rings is 1. The van der Waals surface area contributed by atoms with E-state index in [1.165, 1.54) is 28.9 Å². The summed E-state index contributed by atoms with van der Waals surface area (Å²) in [5.74, 6) is -3.79. The van der Waals surface area contributed by atoms with Crippen LogP contribution in [-0.2, 0) is 10.0 Å². The van der Waals surface area contributed by atoms with Gasteiger partial charge in [-0.15, -0.1) is 5.10 Å². The summed E-state index contributed by atoms with van der Waals surface area (Å²) in [7, 11) is -7.34. The fourth-order valence-electron chi connectivity index (χ4n) is 5.43. The number of amides is 1. The first-order valence-corrected chi connectivity index (χ1v) is 17.5. The third kappa shape index (κ3) is 5.98. The molecule has 0 bridgehead atoms. The lowest BCUT2D eigenvalue weighted by Crippen LogP contribution is -2.41. The van der Waals surface area contributed by atoms with Crippen molar-refractivity contribution in [2.45, 2.75) is 61.6 Å². The number of rotatable bonds is 9. The number of benzene rings is 1. The molecule has 1 aromatic carbocycles. The number of anilines is 1. The van der Waals surface area contributed by atoms with E-state index in [2.05, 4.69) is 16.7 Å². The summed E-state index contributed by atoms with van der Waals surface area (Å²) in [4.78, 5) is 20.0. The number of ether oxygens (including phenoxy) is 1. The number of aromatic nitrogens is 3. The molecule has 220 valence electrons. The van der Waals surface area contributed by atoms with Crippen LogP contribution in [0.5, 0.6) is 5.88 Å². The molecular formula is C27H32F3N5O4SSi. The molecule has 2 aliphatic heterocycles. The average Bonchev–Trinajstić information content (AvgIpc) is 3.47. The van der Waals surface area contributed by atoms with Crippen molar-refractivity contribution in [2.75, 3.05) is 18.1 Å². The van der Waals surface area contributed by atoms with Gasteiger partial charge in [0.25, 0.3) is 15.9 Å². The van der Waals surface area contributed by atoms with E-state index in [1.54, 1.807) is 30.5 Å². The largest absolute Gasteiger partial charge is 0.477 e. The summed E-state index contributed by atoms with van der Waals surface area (Å²) in [5, 5.41) is 4.33.